The highest BCUT2D eigenvalue weighted by molar-refractivity contribution is 7.89. The van der Waals surface area contributed by atoms with Gasteiger partial charge in [0, 0.05) is 31.4 Å². The number of methoxy groups -OCH3 is 1. The third-order valence-electron chi connectivity index (χ3n) is 5.16. The Morgan fingerprint density at radius 2 is 1.60 bits per heavy atom. The van der Waals surface area contributed by atoms with E-state index >= 15 is 0 Å². The SMILES string of the molecule is CCN(CC)S(=O)(=O)c1cc(C(=O)N(C)c2ccc3ccccc3c2)ccc1OC. The van der Waals surface area contributed by atoms with Crippen molar-refractivity contribution in [1.29, 1.82) is 0 Å². The number of hydrogen-bond donors (Lipinski definition) is 0. The van der Waals surface area contributed by atoms with Crippen molar-refractivity contribution in [3.8, 4) is 5.75 Å². The van der Waals surface area contributed by atoms with Crippen LogP contribution in [0.2, 0.25) is 0 Å². The van der Waals surface area contributed by atoms with Gasteiger partial charge in [0.2, 0.25) is 10.0 Å². The molecule has 0 bridgehead atoms. The van der Waals surface area contributed by atoms with E-state index in [0.717, 1.165) is 16.5 Å². The Morgan fingerprint density at radius 3 is 2.23 bits per heavy atom. The lowest BCUT2D eigenvalue weighted by Crippen LogP contribution is -2.31. The molecule has 0 aliphatic heterocycles. The first kappa shape index (κ1) is 21.8. The van der Waals surface area contributed by atoms with E-state index in [4.69, 9.17) is 4.74 Å². The summed E-state index contributed by atoms with van der Waals surface area (Å²) in [6.45, 7) is 4.21. The van der Waals surface area contributed by atoms with Crippen molar-refractivity contribution < 1.29 is 17.9 Å². The summed E-state index contributed by atoms with van der Waals surface area (Å²) in [5.41, 5.74) is 1.000. The molecule has 0 saturated heterocycles. The Bertz CT molecular complexity index is 1170. The fourth-order valence-electron chi connectivity index (χ4n) is 3.41. The number of carbonyl (C=O) groups excluding carboxylic acids is 1. The quantitative estimate of drug-likeness (QED) is 0.569. The highest BCUT2D eigenvalue weighted by atomic mass is 32.2. The second-order valence-corrected chi connectivity index (χ2v) is 8.76. The molecular formula is C23H26N2O4S. The van der Waals surface area contributed by atoms with Gasteiger partial charge in [-0.1, -0.05) is 44.2 Å². The Hall–Kier alpha value is -2.90. The Kier molecular flexibility index (Phi) is 6.43. The summed E-state index contributed by atoms with van der Waals surface area (Å²) in [4.78, 5) is 14.7. The van der Waals surface area contributed by atoms with Gasteiger partial charge in [-0.25, -0.2) is 8.42 Å². The van der Waals surface area contributed by atoms with Crippen LogP contribution in [0.15, 0.2) is 65.6 Å². The zero-order valence-corrected chi connectivity index (χ0v) is 18.4. The molecule has 158 valence electrons. The van der Waals surface area contributed by atoms with Crippen molar-refractivity contribution in [2.75, 3.05) is 32.1 Å². The third kappa shape index (κ3) is 4.04. The van der Waals surface area contributed by atoms with Crippen LogP contribution < -0.4 is 9.64 Å². The van der Waals surface area contributed by atoms with Gasteiger partial charge in [-0.3, -0.25) is 4.79 Å². The number of rotatable bonds is 7. The monoisotopic (exact) mass is 426 g/mol. The minimum absolute atomic E-state index is 0.00791. The van der Waals surface area contributed by atoms with Gasteiger partial charge < -0.3 is 9.64 Å². The predicted octanol–water partition coefficient (Wildman–Crippen LogP) is 4.16. The standard InChI is InChI=1S/C23H26N2O4S/c1-5-25(6-2)30(27,28)22-16-19(12-14-21(22)29-4)23(26)24(3)20-13-11-17-9-7-8-10-18(17)15-20/h7-16H,5-6H2,1-4H3. The van der Waals surface area contributed by atoms with Gasteiger partial charge in [-0.05, 0) is 41.1 Å². The van der Waals surface area contributed by atoms with Crippen LogP contribution in [0, 0.1) is 0 Å². The van der Waals surface area contributed by atoms with Gasteiger partial charge >= 0.3 is 0 Å². The molecule has 0 aliphatic rings. The number of anilines is 1. The fraction of sp³-hybridized carbons (Fsp3) is 0.261. The molecule has 0 aromatic heterocycles. The van der Waals surface area contributed by atoms with Gasteiger partial charge in [0.15, 0.2) is 0 Å². The summed E-state index contributed by atoms with van der Waals surface area (Å²) in [6.07, 6.45) is 0. The fourth-order valence-corrected chi connectivity index (χ4v) is 5.05. The van der Waals surface area contributed by atoms with Crippen molar-refractivity contribution in [3.05, 3.63) is 66.2 Å². The summed E-state index contributed by atoms with van der Waals surface area (Å²) in [7, 11) is -0.690. The van der Waals surface area contributed by atoms with Crippen LogP contribution in [-0.4, -0.2) is 45.9 Å². The first-order valence-corrected chi connectivity index (χ1v) is 11.2. The lowest BCUT2D eigenvalue weighted by molar-refractivity contribution is 0.0993. The van der Waals surface area contributed by atoms with Crippen LogP contribution in [0.1, 0.15) is 24.2 Å². The molecule has 30 heavy (non-hydrogen) atoms. The number of amides is 1. The molecule has 6 nitrogen and oxygen atoms in total. The maximum atomic E-state index is 13.1. The summed E-state index contributed by atoms with van der Waals surface area (Å²) >= 11 is 0. The molecule has 0 saturated carbocycles. The maximum absolute atomic E-state index is 13.1. The van der Waals surface area contributed by atoms with Gasteiger partial charge in [-0.2, -0.15) is 4.31 Å². The number of nitrogens with zero attached hydrogens (tertiary/aromatic N) is 2. The van der Waals surface area contributed by atoms with E-state index in [9.17, 15) is 13.2 Å². The summed E-state index contributed by atoms with van der Waals surface area (Å²) < 4.78 is 32.7. The predicted molar refractivity (Wildman–Crippen MR) is 120 cm³/mol. The van der Waals surface area contributed by atoms with E-state index in [1.807, 2.05) is 42.5 Å². The van der Waals surface area contributed by atoms with Crippen LogP contribution in [0.25, 0.3) is 10.8 Å². The summed E-state index contributed by atoms with van der Waals surface area (Å²) in [6, 6.07) is 18.2. The Morgan fingerprint density at radius 1 is 0.933 bits per heavy atom. The van der Waals surface area contributed by atoms with Crippen LogP contribution in [-0.2, 0) is 10.0 Å². The lowest BCUT2D eigenvalue weighted by Gasteiger charge is -2.22. The highest BCUT2D eigenvalue weighted by Gasteiger charge is 2.27. The number of hydrogen-bond acceptors (Lipinski definition) is 4. The molecule has 0 N–H and O–H groups in total. The Balaban J connectivity index is 2.01. The van der Waals surface area contributed by atoms with Crippen LogP contribution in [0.3, 0.4) is 0 Å². The molecule has 3 rings (SSSR count). The van der Waals surface area contributed by atoms with Gasteiger partial charge in [0.05, 0.1) is 7.11 Å². The molecule has 0 aliphatic carbocycles. The van der Waals surface area contributed by atoms with Crippen molar-refractivity contribution in [1.82, 2.24) is 4.31 Å². The van der Waals surface area contributed by atoms with Gasteiger partial charge in [0.1, 0.15) is 10.6 Å². The number of ether oxygens (including phenoxy) is 1. The number of sulfonamides is 1. The number of carbonyl (C=O) groups is 1. The molecule has 0 heterocycles. The van der Waals surface area contributed by atoms with E-state index in [2.05, 4.69) is 0 Å². The zero-order chi connectivity index (χ0) is 21.9. The molecule has 0 unspecified atom stereocenters. The molecule has 0 fully saturated rings. The highest BCUT2D eigenvalue weighted by Crippen LogP contribution is 2.29. The van der Waals surface area contributed by atoms with Crippen molar-refractivity contribution in [3.63, 3.8) is 0 Å². The zero-order valence-electron chi connectivity index (χ0n) is 17.6. The van der Waals surface area contributed by atoms with Gasteiger partial charge in [-0.15, -0.1) is 0 Å². The van der Waals surface area contributed by atoms with Crippen molar-refractivity contribution in [2.24, 2.45) is 0 Å². The minimum Gasteiger partial charge on any atom is -0.495 e. The lowest BCUT2D eigenvalue weighted by atomic mass is 10.1. The average molecular weight is 427 g/mol. The van der Waals surface area contributed by atoms with E-state index in [1.54, 1.807) is 27.0 Å². The molecule has 3 aromatic carbocycles. The maximum Gasteiger partial charge on any atom is 0.258 e. The normalized spacial score (nSPS) is 11.6. The van der Waals surface area contributed by atoms with Gasteiger partial charge in [0.25, 0.3) is 5.91 Å². The first-order chi connectivity index (χ1) is 14.3. The molecule has 0 radical (unpaired) electrons. The molecule has 1 amide bonds. The van der Waals surface area contributed by atoms with E-state index in [0.29, 0.717) is 13.1 Å². The van der Waals surface area contributed by atoms with Crippen LogP contribution in [0.4, 0.5) is 5.69 Å². The molecule has 0 spiro atoms. The summed E-state index contributed by atoms with van der Waals surface area (Å²) in [5, 5.41) is 2.10. The van der Waals surface area contributed by atoms with E-state index in [-0.39, 0.29) is 22.1 Å². The molecule has 7 heteroatoms. The largest absolute Gasteiger partial charge is 0.495 e. The van der Waals surface area contributed by atoms with Crippen LogP contribution in [0.5, 0.6) is 5.75 Å². The van der Waals surface area contributed by atoms with Crippen molar-refractivity contribution >= 4 is 32.4 Å². The first-order valence-electron chi connectivity index (χ1n) is 9.78. The van der Waals surface area contributed by atoms with Crippen molar-refractivity contribution in [2.45, 2.75) is 18.7 Å². The topological polar surface area (TPSA) is 66.9 Å². The molecule has 3 aromatic rings. The summed E-state index contributed by atoms with van der Waals surface area (Å²) in [5.74, 6) is -0.0873. The number of benzene rings is 3. The van der Waals surface area contributed by atoms with Crippen LogP contribution >= 0.6 is 0 Å². The molecule has 0 atom stereocenters. The second-order valence-electron chi connectivity index (χ2n) is 6.85. The number of fused-ring (bicyclic) bond motifs is 1. The average Bonchev–Trinajstić information content (AvgIpc) is 2.77. The molecular weight excluding hydrogens is 400 g/mol. The van der Waals surface area contributed by atoms with E-state index in [1.165, 1.54) is 28.4 Å². The van der Waals surface area contributed by atoms with E-state index < -0.39 is 10.0 Å². The Labute approximate surface area is 177 Å². The smallest absolute Gasteiger partial charge is 0.258 e. The second kappa shape index (κ2) is 8.85. The minimum atomic E-state index is -3.78. The third-order valence-corrected chi connectivity index (χ3v) is 7.23.